The SMILES string of the molecule is CC(=O)c1ccc(NC(=O)CN2C(=O)NC3(CCCC3)C2=O)cc1. The van der Waals surface area contributed by atoms with Crippen molar-refractivity contribution < 1.29 is 19.2 Å². The van der Waals surface area contributed by atoms with E-state index in [0.717, 1.165) is 17.7 Å². The van der Waals surface area contributed by atoms with E-state index in [1.807, 2.05) is 0 Å². The average molecular weight is 329 g/mol. The second-order valence-corrected chi connectivity index (χ2v) is 6.29. The maximum atomic E-state index is 12.5. The Morgan fingerprint density at radius 1 is 1.17 bits per heavy atom. The summed E-state index contributed by atoms with van der Waals surface area (Å²) in [6.07, 6.45) is 3.05. The number of ketones is 1. The third-order valence-corrected chi connectivity index (χ3v) is 4.58. The number of amides is 4. The molecule has 0 atom stereocenters. The van der Waals surface area contributed by atoms with Gasteiger partial charge in [-0.25, -0.2) is 4.79 Å². The monoisotopic (exact) mass is 329 g/mol. The molecule has 1 aliphatic carbocycles. The molecule has 2 N–H and O–H groups in total. The molecule has 24 heavy (non-hydrogen) atoms. The number of nitrogens with one attached hydrogen (secondary N) is 2. The number of carbonyl (C=O) groups excluding carboxylic acids is 4. The minimum absolute atomic E-state index is 0.0610. The van der Waals surface area contributed by atoms with Crippen LogP contribution in [0.2, 0.25) is 0 Å². The van der Waals surface area contributed by atoms with Crippen LogP contribution in [0.1, 0.15) is 43.0 Å². The first-order valence-electron chi connectivity index (χ1n) is 7.96. The van der Waals surface area contributed by atoms with Crippen molar-refractivity contribution in [2.75, 3.05) is 11.9 Å². The van der Waals surface area contributed by atoms with Gasteiger partial charge in [0.25, 0.3) is 5.91 Å². The number of urea groups is 1. The van der Waals surface area contributed by atoms with E-state index in [1.54, 1.807) is 24.3 Å². The number of Topliss-reactive ketones (excluding diaryl/α,β-unsaturated/α-hetero) is 1. The normalized spacial score (nSPS) is 18.8. The molecule has 0 radical (unpaired) electrons. The van der Waals surface area contributed by atoms with Crippen molar-refractivity contribution in [1.29, 1.82) is 0 Å². The summed E-state index contributed by atoms with van der Waals surface area (Å²) >= 11 is 0. The highest BCUT2D eigenvalue weighted by molar-refractivity contribution is 6.10. The maximum Gasteiger partial charge on any atom is 0.325 e. The van der Waals surface area contributed by atoms with E-state index in [0.29, 0.717) is 24.1 Å². The molecule has 2 fully saturated rings. The van der Waals surface area contributed by atoms with E-state index < -0.39 is 17.5 Å². The molecule has 0 unspecified atom stereocenters. The van der Waals surface area contributed by atoms with Gasteiger partial charge in [0, 0.05) is 11.3 Å². The molecule has 7 nitrogen and oxygen atoms in total. The predicted octanol–water partition coefficient (Wildman–Crippen LogP) is 1.69. The number of hydrogen-bond donors (Lipinski definition) is 2. The van der Waals surface area contributed by atoms with E-state index >= 15 is 0 Å². The van der Waals surface area contributed by atoms with Gasteiger partial charge in [-0.15, -0.1) is 0 Å². The van der Waals surface area contributed by atoms with Gasteiger partial charge >= 0.3 is 6.03 Å². The Kier molecular flexibility index (Phi) is 4.09. The standard InChI is InChI=1S/C17H19N3O4/c1-11(21)12-4-6-13(7-5-12)18-14(22)10-20-15(23)17(19-16(20)24)8-2-3-9-17/h4-7H,2-3,8-10H2,1H3,(H,18,22)(H,19,24). The third kappa shape index (κ3) is 2.89. The Balaban J connectivity index is 1.63. The summed E-state index contributed by atoms with van der Waals surface area (Å²) in [5, 5.41) is 5.37. The molecule has 1 aromatic carbocycles. The third-order valence-electron chi connectivity index (χ3n) is 4.58. The molecule has 4 amide bonds. The molecule has 1 aliphatic heterocycles. The lowest BCUT2D eigenvalue weighted by atomic mass is 9.98. The van der Waals surface area contributed by atoms with E-state index in [-0.39, 0.29) is 18.2 Å². The number of carbonyl (C=O) groups is 4. The van der Waals surface area contributed by atoms with Gasteiger partial charge in [-0.1, -0.05) is 12.8 Å². The summed E-state index contributed by atoms with van der Waals surface area (Å²) < 4.78 is 0. The lowest BCUT2D eigenvalue weighted by Crippen LogP contribution is -2.44. The largest absolute Gasteiger partial charge is 0.325 e. The van der Waals surface area contributed by atoms with Crippen LogP contribution in [-0.4, -0.2) is 40.6 Å². The van der Waals surface area contributed by atoms with Crippen LogP contribution in [0.3, 0.4) is 0 Å². The van der Waals surface area contributed by atoms with Gasteiger partial charge in [0.05, 0.1) is 0 Å². The van der Waals surface area contributed by atoms with Crippen molar-refractivity contribution in [2.24, 2.45) is 0 Å². The molecular weight excluding hydrogens is 310 g/mol. The highest BCUT2D eigenvalue weighted by atomic mass is 16.2. The Labute approximate surface area is 139 Å². The van der Waals surface area contributed by atoms with Crippen LogP contribution in [0.15, 0.2) is 24.3 Å². The van der Waals surface area contributed by atoms with E-state index in [4.69, 9.17) is 0 Å². The number of benzene rings is 1. The summed E-state index contributed by atoms with van der Waals surface area (Å²) in [6.45, 7) is 1.14. The molecule has 0 bridgehead atoms. The zero-order valence-electron chi connectivity index (χ0n) is 13.4. The fraction of sp³-hybridized carbons (Fsp3) is 0.412. The van der Waals surface area contributed by atoms with Crippen molar-refractivity contribution in [3.63, 3.8) is 0 Å². The lowest BCUT2D eigenvalue weighted by Gasteiger charge is -2.19. The van der Waals surface area contributed by atoms with Crippen molar-refractivity contribution in [2.45, 2.75) is 38.1 Å². The van der Waals surface area contributed by atoms with Crippen molar-refractivity contribution in [3.05, 3.63) is 29.8 Å². The van der Waals surface area contributed by atoms with Gasteiger partial charge in [0.1, 0.15) is 12.1 Å². The van der Waals surface area contributed by atoms with Crippen LogP contribution >= 0.6 is 0 Å². The number of hydrogen-bond acceptors (Lipinski definition) is 4. The van der Waals surface area contributed by atoms with E-state index in [9.17, 15) is 19.2 Å². The summed E-state index contributed by atoms with van der Waals surface area (Å²) in [6, 6.07) is 5.93. The zero-order chi connectivity index (χ0) is 17.3. The Morgan fingerprint density at radius 2 is 1.79 bits per heavy atom. The summed E-state index contributed by atoms with van der Waals surface area (Å²) in [4.78, 5) is 48.8. The lowest BCUT2D eigenvalue weighted by molar-refractivity contribution is -0.133. The molecule has 1 heterocycles. The number of nitrogens with zero attached hydrogens (tertiary/aromatic N) is 1. The second kappa shape index (κ2) is 6.07. The smallest absolute Gasteiger partial charge is 0.325 e. The Morgan fingerprint density at radius 3 is 2.38 bits per heavy atom. The Hall–Kier alpha value is -2.70. The molecule has 2 aliphatic rings. The minimum atomic E-state index is -0.805. The van der Waals surface area contributed by atoms with E-state index in [2.05, 4.69) is 10.6 Å². The zero-order valence-corrected chi connectivity index (χ0v) is 13.4. The Bertz CT molecular complexity index is 705. The average Bonchev–Trinajstić information content (AvgIpc) is 3.09. The first kappa shape index (κ1) is 16.2. The molecular formula is C17H19N3O4. The first-order valence-corrected chi connectivity index (χ1v) is 7.96. The van der Waals surface area contributed by atoms with Crippen molar-refractivity contribution in [3.8, 4) is 0 Å². The van der Waals surface area contributed by atoms with Crippen LogP contribution in [0, 0.1) is 0 Å². The topological polar surface area (TPSA) is 95.6 Å². The second-order valence-electron chi connectivity index (χ2n) is 6.29. The van der Waals surface area contributed by atoms with Crippen LogP contribution in [0.25, 0.3) is 0 Å². The van der Waals surface area contributed by atoms with Crippen LogP contribution in [-0.2, 0) is 9.59 Å². The van der Waals surface area contributed by atoms with Crippen LogP contribution < -0.4 is 10.6 Å². The summed E-state index contributed by atoms with van der Waals surface area (Å²) in [5.74, 6) is -0.828. The van der Waals surface area contributed by atoms with Gasteiger partial charge in [-0.2, -0.15) is 0 Å². The molecule has 3 rings (SSSR count). The van der Waals surface area contributed by atoms with Crippen LogP contribution in [0.5, 0.6) is 0 Å². The van der Waals surface area contributed by atoms with E-state index in [1.165, 1.54) is 6.92 Å². The van der Waals surface area contributed by atoms with Gasteiger partial charge in [-0.3, -0.25) is 19.3 Å². The van der Waals surface area contributed by atoms with Crippen LogP contribution in [0.4, 0.5) is 10.5 Å². The first-order chi connectivity index (χ1) is 11.4. The van der Waals surface area contributed by atoms with Crippen molar-refractivity contribution in [1.82, 2.24) is 10.2 Å². The number of anilines is 1. The molecule has 1 spiro atoms. The fourth-order valence-corrected chi connectivity index (χ4v) is 3.27. The number of imide groups is 1. The fourth-order valence-electron chi connectivity index (χ4n) is 3.27. The summed E-state index contributed by atoms with van der Waals surface area (Å²) in [7, 11) is 0. The highest BCUT2D eigenvalue weighted by Crippen LogP contribution is 2.34. The van der Waals surface area contributed by atoms with Gasteiger partial charge in [0.2, 0.25) is 5.91 Å². The van der Waals surface area contributed by atoms with Crippen molar-refractivity contribution >= 4 is 29.3 Å². The molecule has 0 aromatic heterocycles. The quantitative estimate of drug-likeness (QED) is 0.649. The molecule has 1 saturated heterocycles. The van der Waals surface area contributed by atoms with Gasteiger partial charge < -0.3 is 10.6 Å². The van der Waals surface area contributed by atoms with Gasteiger partial charge in [-0.05, 0) is 44.0 Å². The predicted molar refractivity (Wildman–Crippen MR) is 86.5 cm³/mol. The minimum Gasteiger partial charge on any atom is -0.325 e. The number of rotatable bonds is 4. The summed E-state index contributed by atoms with van der Waals surface area (Å²) in [5.41, 5.74) is 0.249. The molecule has 1 aromatic rings. The highest BCUT2D eigenvalue weighted by Gasteiger charge is 2.52. The molecule has 7 heteroatoms. The molecule has 1 saturated carbocycles. The molecule has 126 valence electrons. The maximum absolute atomic E-state index is 12.5. The van der Waals surface area contributed by atoms with Gasteiger partial charge in [0.15, 0.2) is 5.78 Å².